The monoisotopic (exact) mass is 203 g/mol. The van der Waals surface area contributed by atoms with E-state index in [1.807, 2.05) is 6.07 Å². The maximum absolute atomic E-state index is 5.91. The lowest BCUT2D eigenvalue weighted by Crippen LogP contribution is -2.47. The number of guanidine groups is 1. The second-order valence-corrected chi connectivity index (χ2v) is 4.66. The molecular weight excluding hydrogens is 186 g/mol. The van der Waals surface area contributed by atoms with Gasteiger partial charge in [-0.3, -0.25) is 4.99 Å². The largest absolute Gasteiger partial charge is 0.369 e. The number of rotatable bonds is 1. The van der Waals surface area contributed by atoms with E-state index >= 15 is 0 Å². The van der Waals surface area contributed by atoms with Gasteiger partial charge < -0.3 is 10.6 Å². The van der Waals surface area contributed by atoms with E-state index in [0.717, 1.165) is 12.2 Å². The highest BCUT2D eigenvalue weighted by atomic mass is 15.3. The van der Waals surface area contributed by atoms with E-state index in [4.69, 9.17) is 5.73 Å². The van der Waals surface area contributed by atoms with Gasteiger partial charge >= 0.3 is 0 Å². The van der Waals surface area contributed by atoms with Gasteiger partial charge in [0.25, 0.3) is 0 Å². The van der Waals surface area contributed by atoms with Crippen LogP contribution in [0.5, 0.6) is 0 Å². The zero-order chi connectivity index (χ0) is 11.1. The lowest BCUT2D eigenvalue weighted by atomic mass is 10.0. The van der Waals surface area contributed by atoms with Gasteiger partial charge in [0.1, 0.15) is 0 Å². The predicted molar refractivity (Wildman–Crippen MR) is 64.2 cm³/mol. The molecule has 0 saturated carbocycles. The van der Waals surface area contributed by atoms with Crippen LogP contribution in [0, 0.1) is 6.92 Å². The number of anilines is 1. The van der Waals surface area contributed by atoms with Crippen LogP contribution >= 0.6 is 0 Å². The molecule has 0 unspecified atom stereocenters. The van der Waals surface area contributed by atoms with E-state index in [0.29, 0.717) is 5.96 Å². The first-order chi connectivity index (χ1) is 7.00. The van der Waals surface area contributed by atoms with E-state index in [2.05, 4.69) is 48.9 Å². The van der Waals surface area contributed by atoms with Crippen molar-refractivity contribution >= 4 is 11.6 Å². The molecule has 1 heterocycles. The van der Waals surface area contributed by atoms with Gasteiger partial charge in [0.05, 0.1) is 12.1 Å². The maximum atomic E-state index is 5.91. The van der Waals surface area contributed by atoms with Gasteiger partial charge in [-0.1, -0.05) is 12.1 Å². The summed E-state index contributed by atoms with van der Waals surface area (Å²) in [5.74, 6) is 0.616. The van der Waals surface area contributed by atoms with Crippen LogP contribution in [0.25, 0.3) is 0 Å². The zero-order valence-electron chi connectivity index (χ0n) is 9.49. The second kappa shape index (κ2) is 3.26. The lowest BCUT2D eigenvalue weighted by molar-refractivity contribution is 0.557. The van der Waals surface area contributed by atoms with E-state index < -0.39 is 0 Å². The third kappa shape index (κ3) is 1.69. The summed E-state index contributed by atoms with van der Waals surface area (Å²) in [4.78, 5) is 6.39. The SMILES string of the molecule is Cc1cccc(N2C(N)=NCC2(C)C)c1. The molecule has 0 saturated heterocycles. The molecule has 0 aromatic heterocycles. The fourth-order valence-electron chi connectivity index (χ4n) is 1.97. The minimum Gasteiger partial charge on any atom is -0.369 e. The molecule has 3 heteroatoms. The van der Waals surface area contributed by atoms with Crippen LogP contribution in [0.3, 0.4) is 0 Å². The molecule has 0 spiro atoms. The third-order valence-corrected chi connectivity index (χ3v) is 2.72. The fraction of sp³-hybridized carbons (Fsp3) is 0.417. The topological polar surface area (TPSA) is 41.6 Å². The average Bonchev–Trinajstić information content (AvgIpc) is 2.40. The van der Waals surface area contributed by atoms with Gasteiger partial charge in [-0.2, -0.15) is 0 Å². The van der Waals surface area contributed by atoms with Crippen molar-refractivity contribution in [3.8, 4) is 0 Å². The van der Waals surface area contributed by atoms with Gasteiger partial charge in [-0.15, -0.1) is 0 Å². The van der Waals surface area contributed by atoms with Crippen LogP contribution in [-0.2, 0) is 0 Å². The lowest BCUT2D eigenvalue weighted by Gasteiger charge is -2.32. The number of aliphatic imine (C=N–C) groups is 1. The predicted octanol–water partition coefficient (Wildman–Crippen LogP) is 1.91. The van der Waals surface area contributed by atoms with Gasteiger partial charge in [-0.25, -0.2) is 0 Å². The molecule has 1 aliphatic heterocycles. The van der Waals surface area contributed by atoms with Gasteiger partial charge in [0.15, 0.2) is 5.96 Å². The molecule has 0 atom stereocenters. The molecule has 0 aliphatic carbocycles. The molecule has 3 nitrogen and oxygen atoms in total. The van der Waals surface area contributed by atoms with E-state index in [1.165, 1.54) is 5.56 Å². The summed E-state index contributed by atoms with van der Waals surface area (Å²) in [5, 5.41) is 0. The summed E-state index contributed by atoms with van der Waals surface area (Å²) in [7, 11) is 0. The number of nitrogens with zero attached hydrogens (tertiary/aromatic N) is 2. The van der Waals surface area contributed by atoms with Crippen molar-refractivity contribution in [2.24, 2.45) is 10.7 Å². The molecule has 0 radical (unpaired) electrons. The smallest absolute Gasteiger partial charge is 0.196 e. The molecule has 1 aromatic rings. The molecule has 0 bridgehead atoms. The molecule has 0 fully saturated rings. The first-order valence-corrected chi connectivity index (χ1v) is 5.17. The Kier molecular flexibility index (Phi) is 2.18. The minimum absolute atomic E-state index is 0.0160. The Labute approximate surface area is 90.6 Å². The molecule has 0 amide bonds. The molecule has 1 aliphatic rings. The van der Waals surface area contributed by atoms with Crippen LogP contribution in [0.15, 0.2) is 29.3 Å². The Bertz CT molecular complexity index is 407. The van der Waals surface area contributed by atoms with Gasteiger partial charge in [0.2, 0.25) is 0 Å². The summed E-state index contributed by atoms with van der Waals surface area (Å²) >= 11 is 0. The van der Waals surface area contributed by atoms with E-state index in [1.54, 1.807) is 0 Å². The number of nitrogens with two attached hydrogens (primary N) is 1. The molecule has 80 valence electrons. The summed E-state index contributed by atoms with van der Waals surface area (Å²) < 4.78 is 0. The highest BCUT2D eigenvalue weighted by molar-refractivity contribution is 5.98. The quantitative estimate of drug-likeness (QED) is 0.757. The average molecular weight is 203 g/mol. The number of hydrogen-bond acceptors (Lipinski definition) is 3. The standard InChI is InChI=1S/C12H17N3/c1-9-5-4-6-10(7-9)15-11(13)14-8-12(15,2)3/h4-7H,8H2,1-3H3,(H2,13,14). The Hall–Kier alpha value is -1.51. The molecule has 1 aromatic carbocycles. The van der Waals surface area contributed by atoms with Crippen LogP contribution in [-0.4, -0.2) is 18.0 Å². The van der Waals surface area contributed by atoms with Crippen molar-refractivity contribution in [2.45, 2.75) is 26.3 Å². The number of aryl methyl sites for hydroxylation is 1. The van der Waals surface area contributed by atoms with Crippen molar-refractivity contribution in [3.63, 3.8) is 0 Å². The highest BCUT2D eigenvalue weighted by Gasteiger charge is 2.34. The van der Waals surface area contributed by atoms with Crippen molar-refractivity contribution in [1.29, 1.82) is 0 Å². The van der Waals surface area contributed by atoms with Crippen LogP contribution < -0.4 is 10.6 Å². The summed E-state index contributed by atoms with van der Waals surface area (Å²) in [6, 6.07) is 8.34. The number of benzene rings is 1. The first-order valence-electron chi connectivity index (χ1n) is 5.17. The Morgan fingerprint density at radius 2 is 2.13 bits per heavy atom. The second-order valence-electron chi connectivity index (χ2n) is 4.66. The van der Waals surface area contributed by atoms with E-state index in [9.17, 15) is 0 Å². The summed E-state index contributed by atoms with van der Waals surface area (Å²) in [5.41, 5.74) is 8.26. The van der Waals surface area contributed by atoms with Gasteiger partial charge in [0, 0.05) is 5.69 Å². The Morgan fingerprint density at radius 1 is 1.40 bits per heavy atom. The minimum atomic E-state index is -0.0160. The van der Waals surface area contributed by atoms with Crippen LogP contribution in [0.2, 0.25) is 0 Å². The molecule has 2 N–H and O–H groups in total. The van der Waals surface area contributed by atoms with Crippen molar-refractivity contribution in [3.05, 3.63) is 29.8 Å². The molecule has 2 rings (SSSR count). The van der Waals surface area contributed by atoms with Crippen molar-refractivity contribution in [2.75, 3.05) is 11.4 Å². The van der Waals surface area contributed by atoms with E-state index in [-0.39, 0.29) is 5.54 Å². The number of hydrogen-bond donors (Lipinski definition) is 1. The van der Waals surface area contributed by atoms with Crippen molar-refractivity contribution < 1.29 is 0 Å². The zero-order valence-corrected chi connectivity index (χ0v) is 9.49. The van der Waals surface area contributed by atoms with Crippen LogP contribution in [0.1, 0.15) is 19.4 Å². The van der Waals surface area contributed by atoms with Crippen LogP contribution in [0.4, 0.5) is 5.69 Å². The van der Waals surface area contributed by atoms with Gasteiger partial charge in [-0.05, 0) is 38.5 Å². The maximum Gasteiger partial charge on any atom is 0.196 e. The Balaban J connectivity index is 2.42. The first kappa shape index (κ1) is 10.0. The Morgan fingerprint density at radius 3 is 2.67 bits per heavy atom. The third-order valence-electron chi connectivity index (χ3n) is 2.72. The van der Waals surface area contributed by atoms with Crippen molar-refractivity contribution in [1.82, 2.24) is 0 Å². The highest BCUT2D eigenvalue weighted by Crippen LogP contribution is 2.28. The summed E-state index contributed by atoms with van der Waals surface area (Å²) in [6.45, 7) is 7.14. The molecule has 15 heavy (non-hydrogen) atoms. The normalized spacial score (nSPS) is 19.1. The fourth-order valence-corrected chi connectivity index (χ4v) is 1.97. The summed E-state index contributed by atoms with van der Waals surface area (Å²) in [6.07, 6.45) is 0. The molecular formula is C12H17N3.